The average molecular weight is 289 g/mol. The van der Waals surface area contributed by atoms with E-state index in [2.05, 4.69) is 0 Å². The summed E-state index contributed by atoms with van der Waals surface area (Å²) in [6, 6.07) is 12.4. The van der Waals surface area contributed by atoms with Crippen molar-refractivity contribution in [2.45, 2.75) is 12.6 Å². The molecule has 4 N–H and O–H groups in total. The van der Waals surface area contributed by atoms with E-state index in [0.717, 1.165) is 7.69 Å². The van der Waals surface area contributed by atoms with E-state index in [1.54, 1.807) is 24.3 Å². The first-order valence-electron chi connectivity index (χ1n) is 6.13. The molecule has 0 aliphatic carbocycles. The lowest BCUT2D eigenvalue weighted by atomic mass is 10.2. The predicted octanol–water partition coefficient (Wildman–Crippen LogP) is 0.645. The Balaban J connectivity index is 1.83. The van der Waals surface area contributed by atoms with Crippen LogP contribution in [0.15, 0.2) is 48.5 Å². The Hall–Kier alpha value is -2.06. The van der Waals surface area contributed by atoms with Gasteiger partial charge in [0.1, 0.15) is 11.5 Å². The first kappa shape index (κ1) is 15.3. The van der Waals surface area contributed by atoms with Gasteiger partial charge in [-0.05, 0) is 24.3 Å². The second-order valence-corrected chi connectivity index (χ2v) is 4.22. The van der Waals surface area contributed by atoms with Crippen molar-refractivity contribution in [3.05, 3.63) is 59.7 Å². The maximum Gasteiger partial charge on any atom is 0.658 e. The number of hydrogen-bond donors (Lipinski definition) is 4. The standard InChI is InChI=1S/C14H14BO6/c16-13(17)9-1-5-11(6-2-9)20-15-21-12-7-3-10(4-8-12)14(18)19/h1-8,13-14,16-19H. The van der Waals surface area contributed by atoms with Crippen molar-refractivity contribution in [2.75, 3.05) is 0 Å². The molecule has 2 rings (SSSR count). The van der Waals surface area contributed by atoms with E-state index in [9.17, 15) is 0 Å². The van der Waals surface area contributed by atoms with E-state index < -0.39 is 12.6 Å². The smallest absolute Gasteiger partial charge is 0.526 e. The minimum Gasteiger partial charge on any atom is -0.526 e. The van der Waals surface area contributed by atoms with Gasteiger partial charge >= 0.3 is 7.69 Å². The van der Waals surface area contributed by atoms with Crippen molar-refractivity contribution in [1.29, 1.82) is 0 Å². The van der Waals surface area contributed by atoms with Gasteiger partial charge in [0.25, 0.3) is 0 Å². The predicted molar refractivity (Wildman–Crippen MR) is 74.3 cm³/mol. The normalized spacial score (nSPS) is 10.8. The lowest BCUT2D eigenvalue weighted by Crippen LogP contribution is -2.11. The minimum absolute atomic E-state index is 0.362. The molecule has 1 radical (unpaired) electrons. The van der Waals surface area contributed by atoms with Gasteiger partial charge < -0.3 is 29.7 Å². The fourth-order valence-corrected chi connectivity index (χ4v) is 1.57. The topological polar surface area (TPSA) is 99.4 Å². The third kappa shape index (κ3) is 4.47. The molecule has 0 bridgehead atoms. The second kappa shape index (κ2) is 7.10. The Kier molecular flexibility index (Phi) is 5.18. The van der Waals surface area contributed by atoms with E-state index in [4.69, 9.17) is 29.7 Å². The summed E-state index contributed by atoms with van der Waals surface area (Å²) in [5, 5.41) is 35.8. The van der Waals surface area contributed by atoms with Crippen molar-refractivity contribution in [2.24, 2.45) is 0 Å². The molecule has 109 valence electrons. The van der Waals surface area contributed by atoms with Crippen LogP contribution in [0.4, 0.5) is 0 Å². The molecule has 2 aromatic rings. The second-order valence-electron chi connectivity index (χ2n) is 4.22. The van der Waals surface area contributed by atoms with E-state index in [-0.39, 0.29) is 0 Å². The van der Waals surface area contributed by atoms with Gasteiger partial charge in [0, 0.05) is 11.1 Å². The van der Waals surface area contributed by atoms with Gasteiger partial charge in [-0.15, -0.1) is 0 Å². The van der Waals surface area contributed by atoms with Crippen molar-refractivity contribution in [3.8, 4) is 11.5 Å². The van der Waals surface area contributed by atoms with Gasteiger partial charge in [-0.1, -0.05) is 24.3 Å². The fourth-order valence-electron chi connectivity index (χ4n) is 1.57. The highest BCUT2D eigenvalue weighted by atomic mass is 16.6. The van der Waals surface area contributed by atoms with Crippen LogP contribution in [0.2, 0.25) is 0 Å². The summed E-state index contributed by atoms with van der Waals surface area (Å²) in [4.78, 5) is 0. The molecule has 0 aromatic heterocycles. The third-order valence-electron chi connectivity index (χ3n) is 2.72. The van der Waals surface area contributed by atoms with Crippen LogP contribution in [0.3, 0.4) is 0 Å². The van der Waals surface area contributed by atoms with Gasteiger partial charge in [-0.25, -0.2) is 0 Å². The summed E-state index contributed by atoms with van der Waals surface area (Å²) in [5.41, 5.74) is 0.725. The molecule has 0 amide bonds. The molecular weight excluding hydrogens is 275 g/mol. The average Bonchev–Trinajstić information content (AvgIpc) is 2.48. The third-order valence-corrected chi connectivity index (χ3v) is 2.72. The van der Waals surface area contributed by atoms with E-state index in [1.165, 1.54) is 24.3 Å². The zero-order valence-corrected chi connectivity index (χ0v) is 11.0. The summed E-state index contributed by atoms with van der Waals surface area (Å²) in [6.45, 7) is 0. The van der Waals surface area contributed by atoms with Crippen LogP contribution in [0.5, 0.6) is 11.5 Å². The summed E-state index contributed by atoms with van der Waals surface area (Å²) in [5.74, 6) is 0.948. The molecule has 0 atom stereocenters. The highest BCUT2D eigenvalue weighted by molar-refractivity contribution is 6.20. The van der Waals surface area contributed by atoms with Crippen LogP contribution in [0, 0.1) is 0 Å². The molecule has 0 saturated heterocycles. The molecule has 0 fully saturated rings. The van der Waals surface area contributed by atoms with Gasteiger partial charge in [-0.2, -0.15) is 0 Å². The molecule has 0 unspecified atom stereocenters. The largest absolute Gasteiger partial charge is 0.658 e. The Morgan fingerprint density at radius 3 is 1.24 bits per heavy atom. The molecular formula is C14H14BO6. The van der Waals surface area contributed by atoms with Crippen LogP contribution >= 0.6 is 0 Å². The minimum atomic E-state index is -1.51. The SMILES string of the molecule is OC(O)c1ccc(O[B]Oc2ccc(C(O)O)cc2)cc1. The molecule has 6 nitrogen and oxygen atoms in total. The lowest BCUT2D eigenvalue weighted by molar-refractivity contribution is -0.0430. The van der Waals surface area contributed by atoms with Gasteiger partial charge in [-0.3, -0.25) is 0 Å². The summed E-state index contributed by atoms with van der Waals surface area (Å²) < 4.78 is 10.4. The number of benzene rings is 2. The molecule has 0 aliphatic rings. The molecule has 21 heavy (non-hydrogen) atoms. The van der Waals surface area contributed by atoms with Crippen LogP contribution in [-0.4, -0.2) is 28.1 Å². The molecule has 0 spiro atoms. The van der Waals surface area contributed by atoms with Crippen molar-refractivity contribution >= 4 is 7.69 Å². The Bertz CT molecular complexity index is 501. The van der Waals surface area contributed by atoms with Crippen molar-refractivity contribution in [1.82, 2.24) is 0 Å². The summed E-state index contributed by atoms with van der Waals surface area (Å²) >= 11 is 0. The van der Waals surface area contributed by atoms with Crippen molar-refractivity contribution < 1.29 is 29.7 Å². The monoisotopic (exact) mass is 289 g/mol. The van der Waals surface area contributed by atoms with Crippen molar-refractivity contribution in [3.63, 3.8) is 0 Å². The maximum atomic E-state index is 8.95. The van der Waals surface area contributed by atoms with Crippen LogP contribution in [-0.2, 0) is 0 Å². The number of aliphatic hydroxyl groups is 4. The summed E-state index contributed by atoms with van der Waals surface area (Å²) in [6.07, 6.45) is -3.03. The Morgan fingerprint density at radius 1 is 0.619 bits per heavy atom. The van der Waals surface area contributed by atoms with Crippen LogP contribution < -0.4 is 9.31 Å². The Morgan fingerprint density at radius 2 is 0.952 bits per heavy atom. The molecule has 0 saturated carbocycles. The molecule has 7 heteroatoms. The zero-order chi connectivity index (χ0) is 15.2. The Labute approximate surface area is 122 Å². The van der Waals surface area contributed by atoms with Crippen LogP contribution in [0.25, 0.3) is 0 Å². The maximum absolute atomic E-state index is 8.95. The van der Waals surface area contributed by atoms with Gasteiger partial charge in [0.2, 0.25) is 0 Å². The first-order chi connectivity index (χ1) is 10.1. The quantitative estimate of drug-likeness (QED) is 0.460. The number of hydrogen-bond acceptors (Lipinski definition) is 6. The molecule has 0 aliphatic heterocycles. The van der Waals surface area contributed by atoms with E-state index >= 15 is 0 Å². The lowest BCUT2D eigenvalue weighted by Gasteiger charge is -2.09. The molecule has 0 heterocycles. The van der Waals surface area contributed by atoms with Crippen LogP contribution in [0.1, 0.15) is 23.7 Å². The van der Waals surface area contributed by atoms with E-state index in [1.807, 2.05) is 0 Å². The number of rotatable bonds is 6. The fraction of sp³-hybridized carbons (Fsp3) is 0.143. The first-order valence-corrected chi connectivity index (χ1v) is 6.13. The van der Waals surface area contributed by atoms with Gasteiger partial charge in [0.15, 0.2) is 12.6 Å². The summed E-state index contributed by atoms with van der Waals surface area (Å²) in [7, 11) is 1.12. The highest BCUT2D eigenvalue weighted by Gasteiger charge is 2.06. The zero-order valence-electron chi connectivity index (χ0n) is 11.0. The highest BCUT2D eigenvalue weighted by Crippen LogP contribution is 2.18. The number of aliphatic hydroxyl groups excluding tert-OH is 2. The molecule has 2 aromatic carbocycles. The van der Waals surface area contributed by atoms with Gasteiger partial charge in [0.05, 0.1) is 0 Å². The van der Waals surface area contributed by atoms with E-state index in [0.29, 0.717) is 22.6 Å².